The fourth-order valence-electron chi connectivity index (χ4n) is 13.3. The zero-order valence-corrected chi connectivity index (χ0v) is 51.2. The molecule has 0 fully saturated rings. The molecule has 1 aliphatic rings. The second-order valence-electron chi connectivity index (χ2n) is 25.2. The normalized spacial score (nSPS) is 13.8. The summed E-state index contributed by atoms with van der Waals surface area (Å²) >= 11 is 0. The van der Waals surface area contributed by atoms with E-state index in [1.807, 2.05) is 12.2 Å². The smallest absolute Gasteiger partial charge is 0.119 e. The lowest BCUT2D eigenvalue weighted by molar-refractivity contribution is 0.338. The van der Waals surface area contributed by atoms with Gasteiger partial charge in [0.05, 0.1) is 25.7 Å². The molecule has 11 aromatic carbocycles. The van der Waals surface area contributed by atoms with Gasteiger partial charge in [0.1, 0.15) is 5.75 Å². The minimum Gasteiger partial charge on any atom is -0.494 e. The third-order valence-electron chi connectivity index (χ3n) is 18.2. The van der Waals surface area contributed by atoms with Gasteiger partial charge in [0, 0.05) is 38.9 Å². The van der Waals surface area contributed by atoms with Crippen molar-refractivity contribution in [2.75, 3.05) is 11.5 Å². The lowest BCUT2D eigenvalue weighted by atomic mass is 9.69. The van der Waals surface area contributed by atoms with Gasteiger partial charge in [-0.15, -0.1) is 0 Å². The van der Waals surface area contributed by atoms with Gasteiger partial charge in [-0.25, -0.2) is 0 Å². The molecule has 0 spiro atoms. The Morgan fingerprint density at radius 2 is 0.953 bits per heavy atom. The highest BCUT2D eigenvalue weighted by Crippen LogP contribution is 2.57. The average Bonchev–Trinajstić information content (AvgIpc) is 1.64. The number of anilines is 3. The molecule has 422 valence electrons. The number of para-hydroxylation sites is 1. The van der Waals surface area contributed by atoms with Crippen LogP contribution in [0.2, 0.25) is 25.2 Å². The van der Waals surface area contributed by atoms with E-state index in [0.29, 0.717) is 0 Å². The minimum atomic E-state index is -1.64. The second kappa shape index (κ2) is 23.2. The molecule has 0 amide bonds. The Bertz CT molecular complexity index is 4400. The van der Waals surface area contributed by atoms with Crippen LogP contribution in [0.1, 0.15) is 67.0 Å². The Hall–Kier alpha value is -9.48. The summed E-state index contributed by atoms with van der Waals surface area (Å²) < 4.78 is 8.75. The van der Waals surface area contributed by atoms with Crippen molar-refractivity contribution in [3.63, 3.8) is 0 Å². The van der Waals surface area contributed by atoms with Crippen LogP contribution in [0.15, 0.2) is 274 Å². The molecule has 1 aliphatic carbocycles. The molecule has 12 aromatic rings. The molecule has 0 saturated carbocycles. The van der Waals surface area contributed by atoms with Gasteiger partial charge in [0.25, 0.3) is 0 Å². The molecule has 1 aromatic heterocycles. The number of hydrogen-bond acceptors (Lipinski definition) is 2. The van der Waals surface area contributed by atoms with E-state index in [1.54, 1.807) is 0 Å². The Kier molecular flexibility index (Phi) is 15.0. The highest BCUT2D eigenvalue weighted by atomic mass is 28.3. The second-order valence-corrected chi connectivity index (χ2v) is 30.5. The fraction of sp³-hybridized carbons (Fsp3) is 0.146. The molecule has 86 heavy (non-hydrogen) atoms. The van der Waals surface area contributed by atoms with Crippen molar-refractivity contribution in [1.82, 2.24) is 4.57 Å². The zero-order valence-electron chi connectivity index (χ0n) is 50.2. The van der Waals surface area contributed by atoms with Crippen molar-refractivity contribution in [2.24, 2.45) is 0 Å². The Morgan fingerprint density at radius 3 is 1.56 bits per heavy atom. The van der Waals surface area contributed by atoms with Crippen molar-refractivity contribution in [3.8, 4) is 55.9 Å². The van der Waals surface area contributed by atoms with E-state index < -0.39 is 8.07 Å². The van der Waals surface area contributed by atoms with Crippen LogP contribution in [0.4, 0.5) is 17.1 Å². The van der Waals surface area contributed by atoms with E-state index in [0.717, 1.165) is 70.7 Å². The van der Waals surface area contributed by atoms with Crippen LogP contribution in [-0.2, 0) is 10.8 Å². The van der Waals surface area contributed by atoms with E-state index >= 15 is 0 Å². The molecule has 0 aliphatic heterocycles. The number of nitrogens with zero attached hydrogens (tertiary/aromatic N) is 2. The first-order valence-corrected chi connectivity index (χ1v) is 33.9. The summed E-state index contributed by atoms with van der Waals surface area (Å²) in [4.78, 5) is 2.44. The molecule has 0 radical (unpaired) electrons. The number of ether oxygens (including phenoxy) is 1. The molecule has 1 unspecified atom stereocenters. The summed E-state index contributed by atoms with van der Waals surface area (Å²) in [5, 5.41) is 2.44. The van der Waals surface area contributed by atoms with E-state index in [9.17, 15) is 0 Å². The van der Waals surface area contributed by atoms with Crippen molar-refractivity contribution >= 4 is 59.1 Å². The van der Waals surface area contributed by atoms with Crippen molar-refractivity contribution in [2.45, 2.75) is 69.6 Å². The number of hydrogen-bond donors (Lipinski definition) is 0. The molecule has 13 rings (SSSR count). The molecule has 1 atom stereocenters. The molecule has 1 heterocycles. The van der Waals surface area contributed by atoms with Crippen LogP contribution >= 0.6 is 0 Å². The first-order chi connectivity index (χ1) is 41.9. The summed E-state index contributed by atoms with van der Waals surface area (Å²) in [5.74, 6) is 0.926. The lowest BCUT2D eigenvalue weighted by Crippen LogP contribution is -2.31. The van der Waals surface area contributed by atoms with Crippen molar-refractivity contribution in [3.05, 3.63) is 307 Å². The van der Waals surface area contributed by atoms with Gasteiger partial charge in [0.15, 0.2) is 0 Å². The van der Waals surface area contributed by atoms with Gasteiger partial charge in [-0.05, 0) is 181 Å². The monoisotopic (exact) mass is 1130 g/mol. The molecular weight excluding hydrogens is 1060 g/mol. The molecule has 4 heteroatoms. The van der Waals surface area contributed by atoms with Gasteiger partial charge < -0.3 is 14.2 Å². The van der Waals surface area contributed by atoms with Crippen molar-refractivity contribution < 1.29 is 4.74 Å². The summed E-state index contributed by atoms with van der Waals surface area (Å²) in [6.07, 6.45) is 5.89. The maximum atomic E-state index is 6.32. The van der Waals surface area contributed by atoms with E-state index in [1.165, 1.54) is 89.0 Å². The molecule has 0 bridgehead atoms. The van der Waals surface area contributed by atoms with Gasteiger partial charge in [-0.1, -0.05) is 248 Å². The van der Waals surface area contributed by atoms with E-state index in [-0.39, 0.29) is 10.8 Å². The van der Waals surface area contributed by atoms with E-state index in [2.05, 4.69) is 317 Å². The third kappa shape index (κ3) is 10.8. The van der Waals surface area contributed by atoms with Crippen LogP contribution in [0, 0.1) is 0 Å². The Labute approximate surface area is 509 Å². The predicted molar refractivity (Wildman–Crippen MR) is 371 cm³/mol. The maximum absolute atomic E-state index is 6.32. The maximum Gasteiger partial charge on any atom is 0.119 e. The van der Waals surface area contributed by atoms with Gasteiger partial charge in [-0.2, -0.15) is 0 Å². The van der Waals surface area contributed by atoms with Crippen LogP contribution in [0.25, 0.3) is 84.2 Å². The average molecular weight is 1130 g/mol. The molecule has 0 saturated heterocycles. The minimum absolute atomic E-state index is 0.0798. The third-order valence-corrected chi connectivity index (χ3v) is 21.4. The quantitative estimate of drug-likeness (QED) is 0.0797. The van der Waals surface area contributed by atoms with Crippen LogP contribution < -0.4 is 9.64 Å². The van der Waals surface area contributed by atoms with Crippen LogP contribution in [-0.4, -0.2) is 19.2 Å². The molecular formula is C82H74N2OSi. The topological polar surface area (TPSA) is 17.4 Å². The zero-order chi connectivity index (χ0) is 59.0. The van der Waals surface area contributed by atoms with Gasteiger partial charge >= 0.3 is 0 Å². The summed E-state index contributed by atoms with van der Waals surface area (Å²) in [7, 11) is -1.64. The lowest BCUT2D eigenvalue weighted by Gasteiger charge is -2.35. The largest absolute Gasteiger partial charge is 0.494 e. The van der Waals surface area contributed by atoms with Gasteiger partial charge in [0.2, 0.25) is 0 Å². The number of aromatic nitrogens is 1. The van der Waals surface area contributed by atoms with E-state index in [4.69, 9.17) is 4.74 Å². The fourth-order valence-corrected chi connectivity index (χ4v) is 15.3. The summed E-state index contributed by atoms with van der Waals surface area (Å²) in [6.45, 7) is 20.5. The summed E-state index contributed by atoms with van der Waals surface area (Å²) in [5.41, 5.74) is 24.0. The Balaban J connectivity index is 0.854. The Morgan fingerprint density at radius 1 is 0.465 bits per heavy atom. The van der Waals surface area contributed by atoms with Crippen LogP contribution in [0.3, 0.4) is 0 Å². The van der Waals surface area contributed by atoms with Crippen LogP contribution in [0.5, 0.6) is 5.75 Å². The SMILES string of the molecule is C=Cc1ccc(OCC[Si](C)(C)CCCC2(c3ccccc3)c3ccccc3-c3ccc(N(c4ccccc4)c4ccc(-c5ccc6c(c5)c5cc(-c7ccc(C(C)(C)C)cc7)ccc5n6-c5ccc(-c6ccc(C=C)cc6)cc5)cc4)cc32)cc1. The highest BCUT2D eigenvalue weighted by Gasteiger charge is 2.45. The number of fused-ring (bicyclic) bond motifs is 6. The first kappa shape index (κ1) is 55.7. The number of benzene rings is 11. The van der Waals surface area contributed by atoms with Crippen molar-refractivity contribution in [1.29, 1.82) is 0 Å². The first-order valence-electron chi connectivity index (χ1n) is 30.5. The predicted octanol–water partition coefficient (Wildman–Crippen LogP) is 22.7. The van der Waals surface area contributed by atoms with Gasteiger partial charge in [-0.3, -0.25) is 0 Å². The summed E-state index contributed by atoms with van der Waals surface area (Å²) in [6, 6.07) is 99.2. The molecule has 3 nitrogen and oxygen atoms in total. The standard InChI is InChI=1S/C82H74N2OSi/c1-8-58-25-29-60(30-26-58)61-33-43-70(44-34-61)84-79-49-37-64(62-31-39-66(40-32-62)81(3,4)5)55-75(79)76-56-65(38-50-80(76)84)63-35-41-69(42-36-63)83(68-21-14-11-15-22-68)71-45-48-74-73-23-16-17-24-77(73)82(78(74)57-71,67-19-12-10-13-20-67)51-18-53-86(6,7)54-52-85-72-46-27-59(9-2)28-47-72/h8-17,19-50,55-57H,1-2,18,51-54H2,3-7H3. The molecule has 0 N–H and O–H groups in total. The number of rotatable bonds is 18. The highest BCUT2D eigenvalue weighted by molar-refractivity contribution is 6.77.